The Balaban J connectivity index is 3.32. The summed E-state index contributed by atoms with van der Waals surface area (Å²) in [7, 11) is 0. The van der Waals surface area contributed by atoms with E-state index < -0.39 is 13.0 Å². The van der Waals surface area contributed by atoms with Gasteiger partial charge in [-0.05, 0) is 6.92 Å². The molecule has 1 aromatic heterocycles. The van der Waals surface area contributed by atoms with Gasteiger partial charge in [-0.3, -0.25) is 0 Å². The van der Waals surface area contributed by atoms with Crippen molar-refractivity contribution in [1.29, 1.82) is 0 Å². The number of rotatable bonds is 2. The largest absolute Gasteiger partial charge is 0.392 e. The van der Waals surface area contributed by atoms with Crippen molar-refractivity contribution in [1.82, 2.24) is 4.98 Å². The average molecular weight is 188 g/mol. The van der Waals surface area contributed by atoms with Crippen LogP contribution < -0.4 is 5.73 Å². The van der Waals surface area contributed by atoms with Crippen LogP contribution in [0.5, 0.6) is 0 Å². The van der Waals surface area contributed by atoms with Crippen LogP contribution in [0.4, 0.5) is 14.6 Å². The van der Waals surface area contributed by atoms with Gasteiger partial charge in [-0.1, -0.05) is 0 Å². The number of hydrogen-bond donors (Lipinski definition) is 2. The molecular weight excluding hydrogens is 178 g/mol. The fraction of sp³-hybridized carbons (Fsp3) is 0.375. The summed E-state index contributed by atoms with van der Waals surface area (Å²) >= 11 is 0. The van der Waals surface area contributed by atoms with Crippen LogP contribution in [-0.2, 0) is 6.61 Å². The van der Waals surface area contributed by atoms with Crippen molar-refractivity contribution in [2.24, 2.45) is 0 Å². The zero-order valence-corrected chi connectivity index (χ0v) is 7.09. The van der Waals surface area contributed by atoms with Crippen molar-refractivity contribution in [3.8, 4) is 0 Å². The van der Waals surface area contributed by atoms with Crippen LogP contribution in [0.1, 0.15) is 23.1 Å². The molecule has 0 aliphatic rings. The summed E-state index contributed by atoms with van der Waals surface area (Å²) < 4.78 is 24.9. The highest BCUT2D eigenvalue weighted by molar-refractivity contribution is 5.47. The summed E-state index contributed by atoms with van der Waals surface area (Å²) in [5, 5.41) is 8.77. The number of nitrogens with two attached hydrogens (primary N) is 1. The van der Waals surface area contributed by atoms with Gasteiger partial charge in [0.15, 0.2) is 0 Å². The van der Waals surface area contributed by atoms with Crippen LogP contribution in [0.15, 0.2) is 6.20 Å². The summed E-state index contributed by atoms with van der Waals surface area (Å²) in [6.45, 7) is 1.01. The van der Waals surface area contributed by atoms with Gasteiger partial charge in [0.1, 0.15) is 5.82 Å². The molecule has 1 heterocycles. The Kier molecular flexibility index (Phi) is 2.77. The number of aliphatic hydroxyl groups excluding tert-OH is 1. The number of nitrogen functional groups attached to an aromatic ring is 1. The lowest BCUT2D eigenvalue weighted by molar-refractivity contribution is 0.146. The highest BCUT2D eigenvalue weighted by Crippen LogP contribution is 2.28. The lowest BCUT2D eigenvalue weighted by Gasteiger charge is -2.10. The second kappa shape index (κ2) is 3.66. The number of nitrogens with zero attached hydrogens (tertiary/aromatic N) is 1. The third kappa shape index (κ3) is 1.75. The maximum atomic E-state index is 12.5. The quantitative estimate of drug-likeness (QED) is 0.737. The molecule has 0 saturated heterocycles. The molecular formula is C8H10F2N2O. The van der Waals surface area contributed by atoms with Crippen LogP contribution in [0, 0.1) is 6.92 Å². The van der Waals surface area contributed by atoms with Gasteiger partial charge >= 0.3 is 0 Å². The molecule has 5 heteroatoms. The number of pyridine rings is 1. The minimum absolute atomic E-state index is 0.0764. The van der Waals surface area contributed by atoms with E-state index in [0.717, 1.165) is 0 Å². The Morgan fingerprint density at radius 2 is 2.23 bits per heavy atom. The molecule has 0 fully saturated rings. The number of hydrogen-bond acceptors (Lipinski definition) is 3. The minimum atomic E-state index is -2.63. The maximum absolute atomic E-state index is 12.5. The molecule has 0 aliphatic carbocycles. The molecule has 0 unspecified atom stereocenters. The first-order valence-electron chi connectivity index (χ1n) is 3.70. The predicted octanol–water partition coefficient (Wildman–Crippen LogP) is 1.40. The minimum Gasteiger partial charge on any atom is -0.392 e. The van der Waals surface area contributed by atoms with Crippen molar-refractivity contribution in [2.75, 3.05) is 5.73 Å². The van der Waals surface area contributed by atoms with E-state index in [1.807, 2.05) is 0 Å². The predicted molar refractivity (Wildman–Crippen MR) is 44.3 cm³/mol. The van der Waals surface area contributed by atoms with E-state index in [1.165, 1.54) is 13.1 Å². The fourth-order valence-corrected chi connectivity index (χ4v) is 1.12. The van der Waals surface area contributed by atoms with Crippen LogP contribution in [0.25, 0.3) is 0 Å². The molecule has 0 radical (unpaired) electrons. The van der Waals surface area contributed by atoms with E-state index in [9.17, 15) is 8.78 Å². The third-order valence-electron chi connectivity index (χ3n) is 1.88. The van der Waals surface area contributed by atoms with E-state index in [0.29, 0.717) is 0 Å². The Labute approximate surface area is 74.2 Å². The molecule has 0 aliphatic heterocycles. The Hall–Kier alpha value is -1.23. The van der Waals surface area contributed by atoms with Crippen molar-refractivity contribution in [3.63, 3.8) is 0 Å². The van der Waals surface area contributed by atoms with E-state index in [1.54, 1.807) is 0 Å². The molecule has 0 saturated carbocycles. The van der Waals surface area contributed by atoms with E-state index in [-0.39, 0.29) is 22.5 Å². The van der Waals surface area contributed by atoms with Crippen LogP contribution in [0.2, 0.25) is 0 Å². The van der Waals surface area contributed by atoms with Crippen LogP contribution in [0.3, 0.4) is 0 Å². The maximum Gasteiger partial charge on any atom is 0.264 e. The average Bonchev–Trinajstić information content (AvgIpc) is 2.08. The molecule has 3 N–H and O–H groups in total. The molecule has 3 nitrogen and oxygen atoms in total. The number of aliphatic hydroxyl groups is 1. The molecule has 0 amide bonds. The SMILES string of the molecule is Cc1c(N)ncc(CO)c1C(F)F. The molecule has 72 valence electrons. The molecule has 0 atom stereocenters. The second-order valence-corrected chi connectivity index (χ2v) is 2.67. The Morgan fingerprint density at radius 1 is 1.62 bits per heavy atom. The molecule has 0 spiro atoms. The van der Waals surface area contributed by atoms with Gasteiger partial charge in [-0.25, -0.2) is 13.8 Å². The molecule has 1 rings (SSSR count). The number of halogens is 2. The van der Waals surface area contributed by atoms with Gasteiger partial charge in [-0.15, -0.1) is 0 Å². The second-order valence-electron chi connectivity index (χ2n) is 2.67. The van der Waals surface area contributed by atoms with E-state index in [2.05, 4.69) is 4.98 Å². The smallest absolute Gasteiger partial charge is 0.264 e. The summed E-state index contributed by atoms with van der Waals surface area (Å²) in [5.74, 6) is 0.0764. The number of aromatic nitrogens is 1. The van der Waals surface area contributed by atoms with E-state index in [4.69, 9.17) is 10.8 Å². The normalized spacial score (nSPS) is 10.8. The highest BCUT2D eigenvalue weighted by atomic mass is 19.3. The highest BCUT2D eigenvalue weighted by Gasteiger charge is 2.17. The Morgan fingerprint density at radius 3 is 2.69 bits per heavy atom. The van der Waals surface area contributed by atoms with Crippen molar-refractivity contribution < 1.29 is 13.9 Å². The summed E-state index contributed by atoms with van der Waals surface area (Å²) in [4.78, 5) is 3.68. The van der Waals surface area contributed by atoms with Crippen LogP contribution in [-0.4, -0.2) is 10.1 Å². The van der Waals surface area contributed by atoms with Gasteiger partial charge in [0.2, 0.25) is 0 Å². The molecule has 1 aromatic rings. The number of anilines is 1. The third-order valence-corrected chi connectivity index (χ3v) is 1.88. The lowest BCUT2D eigenvalue weighted by atomic mass is 10.1. The number of alkyl halides is 2. The first-order chi connectivity index (χ1) is 6.07. The van der Waals surface area contributed by atoms with Gasteiger partial charge in [0.05, 0.1) is 6.61 Å². The summed E-state index contributed by atoms with van der Waals surface area (Å²) in [6, 6.07) is 0. The van der Waals surface area contributed by atoms with Gasteiger partial charge in [0, 0.05) is 22.9 Å². The first-order valence-corrected chi connectivity index (χ1v) is 3.70. The van der Waals surface area contributed by atoms with Crippen molar-refractivity contribution in [2.45, 2.75) is 20.0 Å². The molecule has 0 aromatic carbocycles. The summed E-state index contributed by atoms with van der Waals surface area (Å²) in [5.41, 5.74) is 5.51. The van der Waals surface area contributed by atoms with Gasteiger partial charge in [0.25, 0.3) is 6.43 Å². The lowest BCUT2D eigenvalue weighted by Crippen LogP contribution is -2.04. The standard InChI is InChI=1S/C8H10F2N2O/c1-4-6(7(9)10)5(3-13)2-12-8(4)11/h2,7,13H,3H2,1H3,(H2,11,12). The van der Waals surface area contributed by atoms with Gasteiger partial charge < -0.3 is 10.8 Å². The van der Waals surface area contributed by atoms with Crippen LogP contribution >= 0.6 is 0 Å². The topological polar surface area (TPSA) is 59.1 Å². The van der Waals surface area contributed by atoms with Crippen molar-refractivity contribution in [3.05, 3.63) is 22.9 Å². The van der Waals surface area contributed by atoms with Crippen molar-refractivity contribution >= 4 is 5.82 Å². The summed E-state index contributed by atoms with van der Waals surface area (Å²) in [6.07, 6.45) is -1.46. The monoisotopic (exact) mass is 188 g/mol. The first kappa shape index (κ1) is 9.85. The Bertz CT molecular complexity index is 315. The fourth-order valence-electron chi connectivity index (χ4n) is 1.12. The zero-order chi connectivity index (χ0) is 10.0. The van der Waals surface area contributed by atoms with Gasteiger partial charge in [-0.2, -0.15) is 0 Å². The molecule has 0 bridgehead atoms. The zero-order valence-electron chi connectivity index (χ0n) is 7.09. The van der Waals surface area contributed by atoms with E-state index >= 15 is 0 Å². The molecule has 13 heavy (non-hydrogen) atoms.